The minimum Gasteiger partial charge on any atom is -0.497 e. The number of hydrogen-bond donors (Lipinski definition) is 1. The molecule has 0 radical (unpaired) electrons. The van der Waals surface area contributed by atoms with Crippen LogP contribution < -0.4 is 4.74 Å². The fraction of sp³-hybridized carbons (Fsp3) is 0.500. The van der Waals surface area contributed by atoms with E-state index in [1.165, 1.54) is 4.90 Å². The molecule has 2 rings (SSSR count). The molecule has 1 saturated heterocycles. The molecule has 1 N–H and O–H groups in total. The predicted octanol–water partition coefficient (Wildman–Crippen LogP) is 1.12. The van der Waals surface area contributed by atoms with Crippen LogP contribution in [0.5, 0.6) is 5.75 Å². The molecule has 1 aliphatic rings. The molecule has 1 aliphatic heterocycles. The van der Waals surface area contributed by atoms with Gasteiger partial charge in [0.25, 0.3) is 0 Å². The lowest BCUT2D eigenvalue weighted by atomic mass is 10.1. The Morgan fingerprint density at radius 1 is 1.41 bits per heavy atom. The van der Waals surface area contributed by atoms with Crippen LogP contribution in [0.4, 0.5) is 0 Å². The molecule has 6 heteroatoms. The van der Waals surface area contributed by atoms with Crippen molar-refractivity contribution in [2.24, 2.45) is 0 Å². The molecule has 1 aromatic carbocycles. The lowest BCUT2D eigenvalue weighted by Gasteiger charge is -2.38. The van der Waals surface area contributed by atoms with Crippen molar-refractivity contribution in [1.29, 1.82) is 0 Å². The van der Waals surface area contributed by atoms with Crippen LogP contribution in [0, 0.1) is 6.92 Å². The van der Waals surface area contributed by atoms with E-state index in [2.05, 4.69) is 4.90 Å². The van der Waals surface area contributed by atoms with Gasteiger partial charge in [-0.15, -0.1) is 0 Å². The first-order valence-electron chi connectivity index (χ1n) is 7.30. The first-order chi connectivity index (χ1) is 10.4. The van der Waals surface area contributed by atoms with Gasteiger partial charge in [-0.2, -0.15) is 0 Å². The van der Waals surface area contributed by atoms with Gasteiger partial charge in [0, 0.05) is 19.6 Å². The molecule has 1 aromatic rings. The molecule has 0 spiro atoms. The number of carboxylic acids is 1. The van der Waals surface area contributed by atoms with Gasteiger partial charge in [-0.3, -0.25) is 14.5 Å². The summed E-state index contributed by atoms with van der Waals surface area (Å²) in [5.74, 6) is -0.281. The van der Waals surface area contributed by atoms with Gasteiger partial charge in [-0.25, -0.2) is 0 Å². The van der Waals surface area contributed by atoms with Crippen LogP contribution in [-0.2, 0) is 16.1 Å². The van der Waals surface area contributed by atoms with Crippen LogP contribution in [0.3, 0.4) is 0 Å². The highest BCUT2D eigenvalue weighted by Gasteiger charge is 2.32. The second kappa shape index (κ2) is 6.79. The topological polar surface area (TPSA) is 70.1 Å². The molecule has 1 atom stereocenters. The van der Waals surface area contributed by atoms with Gasteiger partial charge in [0.15, 0.2) is 0 Å². The molecular weight excluding hydrogens is 284 g/mol. The molecular formula is C16H22N2O4. The SMILES string of the molecule is COc1ccc(CN2CCN(CC(=O)O)C(=O)C2C)c(C)c1. The lowest BCUT2D eigenvalue weighted by molar-refractivity contribution is -0.150. The summed E-state index contributed by atoms with van der Waals surface area (Å²) in [6, 6.07) is 5.59. The maximum atomic E-state index is 12.2. The number of carboxylic acid groups (broad SMARTS) is 1. The Morgan fingerprint density at radius 2 is 2.14 bits per heavy atom. The van der Waals surface area contributed by atoms with Gasteiger partial charge in [-0.05, 0) is 37.1 Å². The minimum atomic E-state index is -0.972. The van der Waals surface area contributed by atoms with Gasteiger partial charge < -0.3 is 14.7 Å². The lowest BCUT2D eigenvalue weighted by Crippen LogP contribution is -2.56. The van der Waals surface area contributed by atoms with E-state index < -0.39 is 5.97 Å². The van der Waals surface area contributed by atoms with Crippen molar-refractivity contribution in [1.82, 2.24) is 9.80 Å². The molecule has 1 unspecified atom stereocenters. The Labute approximate surface area is 130 Å². The van der Waals surface area contributed by atoms with Crippen LogP contribution in [-0.4, -0.2) is 59.6 Å². The van der Waals surface area contributed by atoms with Crippen LogP contribution in [0.25, 0.3) is 0 Å². The molecule has 1 fully saturated rings. The summed E-state index contributed by atoms with van der Waals surface area (Å²) in [4.78, 5) is 26.5. The number of aryl methyl sites for hydroxylation is 1. The van der Waals surface area contributed by atoms with Crippen LogP contribution in [0.2, 0.25) is 0 Å². The number of carbonyl (C=O) groups excluding carboxylic acids is 1. The molecule has 0 bridgehead atoms. The van der Waals surface area contributed by atoms with E-state index in [0.29, 0.717) is 19.6 Å². The molecule has 0 aromatic heterocycles. The summed E-state index contributed by atoms with van der Waals surface area (Å²) in [6.07, 6.45) is 0. The Hall–Kier alpha value is -2.08. The van der Waals surface area contributed by atoms with Crippen LogP contribution in [0.1, 0.15) is 18.1 Å². The summed E-state index contributed by atoms with van der Waals surface area (Å²) in [5, 5.41) is 8.84. The summed E-state index contributed by atoms with van der Waals surface area (Å²) in [5.41, 5.74) is 2.26. The number of piperazine rings is 1. The number of rotatable bonds is 5. The van der Waals surface area contributed by atoms with Gasteiger partial charge >= 0.3 is 5.97 Å². The summed E-state index contributed by atoms with van der Waals surface area (Å²) < 4.78 is 5.20. The van der Waals surface area contributed by atoms with E-state index in [0.717, 1.165) is 16.9 Å². The molecule has 22 heavy (non-hydrogen) atoms. The van der Waals surface area contributed by atoms with Crippen molar-refractivity contribution in [3.05, 3.63) is 29.3 Å². The number of hydrogen-bond acceptors (Lipinski definition) is 4. The number of ether oxygens (including phenoxy) is 1. The highest BCUT2D eigenvalue weighted by atomic mass is 16.5. The second-order valence-corrected chi connectivity index (χ2v) is 5.59. The number of carbonyl (C=O) groups is 2. The zero-order valence-corrected chi connectivity index (χ0v) is 13.2. The molecule has 0 saturated carbocycles. The average Bonchev–Trinajstić information content (AvgIpc) is 2.48. The summed E-state index contributed by atoms with van der Waals surface area (Å²) in [6.45, 7) is 5.42. The molecule has 120 valence electrons. The van der Waals surface area contributed by atoms with E-state index in [1.54, 1.807) is 7.11 Å². The van der Waals surface area contributed by atoms with Crippen molar-refractivity contribution in [2.45, 2.75) is 26.4 Å². The van der Waals surface area contributed by atoms with Crippen molar-refractivity contribution < 1.29 is 19.4 Å². The van der Waals surface area contributed by atoms with Crippen molar-refractivity contribution in [3.63, 3.8) is 0 Å². The zero-order valence-electron chi connectivity index (χ0n) is 13.2. The number of benzene rings is 1. The zero-order chi connectivity index (χ0) is 16.3. The minimum absolute atomic E-state index is 0.125. The smallest absolute Gasteiger partial charge is 0.323 e. The highest BCUT2D eigenvalue weighted by molar-refractivity contribution is 5.85. The van der Waals surface area contributed by atoms with Gasteiger partial charge in [0.1, 0.15) is 12.3 Å². The quantitative estimate of drug-likeness (QED) is 0.883. The highest BCUT2D eigenvalue weighted by Crippen LogP contribution is 2.21. The van der Waals surface area contributed by atoms with Crippen LogP contribution >= 0.6 is 0 Å². The third-order valence-corrected chi connectivity index (χ3v) is 4.12. The average molecular weight is 306 g/mol. The maximum Gasteiger partial charge on any atom is 0.323 e. The molecule has 6 nitrogen and oxygen atoms in total. The normalized spacial score (nSPS) is 19.3. The fourth-order valence-corrected chi connectivity index (χ4v) is 2.70. The number of aliphatic carboxylic acids is 1. The summed E-state index contributed by atoms with van der Waals surface area (Å²) >= 11 is 0. The maximum absolute atomic E-state index is 12.2. The molecule has 1 heterocycles. The number of amides is 1. The Kier molecular flexibility index (Phi) is 5.03. The van der Waals surface area contributed by atoms with Crippen molar-refractivity contribution in [3.8, 4) is 5.75 Å². The standard InChI is InChI=1S/C16H22N2O4/c1-11-8-14(22-3)5-4-13(11)9-17-6-7-18(10-15(19)20)16(21)12(17)2/h4-5,8,12H,6-7,9-10H2,1-3H3,(H,19,20). The molecule has 1 amide bonds. The largest absolute Gasteiger partial charge is 0.497 e. The third-order valence-electron chi connectivity index (χ3n) is 4.12. The first-order valence-corrected chi connectivity index (χ1v) is 7.30. The van der Waals surface area contributed by atoms with Gasteiger partial charge in [-0.1, -0.05) is 6.07 Å². The van der Waals surface area contributed by atoms with Crippen molar-refractivity contribution in [2.75, 3.05) is 26.7 Å². The fourth-order valence-electron chi connectivity index (χ4n) is 2.70. The monoisotopic (exact) mass is 306 g/mol. The number of methoxy groups -OCH3 is 1. The Morgan fingerprint density at radius 3 is 2.73 bits per heavy atom. The van der Waals surface area contributed by atoms with Gasteiger partial charge in [0.05, 0.1) is 13.2 Å². The Balaban J connectivity index is 2.05. The van der Waals surface area contributed by atoms with E-state index in [9.17, 15) is 9.59 Å². The van der Waals surface area contributed by atoms with Crippen LogP contribution in [0.15, 0.2) is 18.2 Å². The van der Waals surface area contributed by atoms with Gasteiger partial charge in [0.2, 0.25) is 5.91 Å². The van der Waals surface area contributed by atoms with E-state index in [4.69, 9.17) is 9.84 Å². The Bertz CT molecular complexity index is 573. The number of nitrogens with zero attached hydrogens (tertiary/aromatic N) is 2. The van der Waals surface area contributed by atoms with E-state index in [1.807, 2.05) is 32.0 Å². The third kappa shape index (κ3) is 3.57. The van der Waals surface area contributed by atoms with Crippen molar-refractivity contribution >= 4 is 11.9 Å². The first kappa shape index (κ1) is 16.3. The second-order valence-electron chi connectivity index (χ2n) is 5.59. The van der Waals surface area contributed by atoms with E-state index >= 15 is 0 Å². The summed E-state index contributed by atoms with van der Waals surface area (Å²) in [7, 11) is 1.64. The molecule has 0 aliphatic carbocycles. The van der Waals surface area contributed by atoms with E-state index in [-0.39, 0.29) is 18.5 Å². The predicted molar refractivity (Wildman–Crippen MR) is 81.8 cm³/mol.